The second-order valence-electron chi connectivity index (χ2n) is 4.75. The first-order chi connectivity index (χ1) is 6.63. The minimum absolute atomic E-state index is 0.395. The highest BCUT2D eigenvalue weighted by Gasteiger charge is 2.17. The van der Waals surface area contributed by atoms with Crippen molar-refractivity contribution in [3.05, 3.63) is 11.6 Å². The summed E-state index contributed by atoms with van der Waals surface area (Å²) < 4.78 is 0. The molecular formula is C13H22O. The standard InChI is InChI=1S/C13H22O/c1-4-10(2)9-13(14)12-7-5-11(3)6-8-12/h7,10-11H,4-6,8-9H2,1-3H3. The lowest BCUT2D eigenvalue weighted by atomic mass is 9.87. The van der Waals surface area contributed by atoms with Gasteiger partial charge in [0.1, 0.15) is 0 Å². The molecule has 80 valence electrons. The third kappa shape index (κ3) is 3.28. The lowest BCUT2D eigenvalue weighted by Crippen LogP contribution is -2.12. The number of rotatable bonds is 4. The molecule has 1 aliphatic rings. The molecule has 1 heteroatoms. The van der Waals surface area contributed by atoms with Crippen molar-refractivity contribution in [2.24, 2.45) is 11.8 Å². The Bertz CT molecular complexity index is 227. The van der Waals surface area contributed by atoms with Crippen LogP contribution < -0.4 is 0 Å². The van der Waals surface area contributed by atoms with E-state index >= 15 is 0 Å². The van der Waals surface area contributed by atoms with Crippen molar-refractivity contribution in [2.45, 2.75) is 52.9 Å². The van der Waals surface area contributed by atoms with E-state index in [1.54, 1.807) is 0 Å². The Hall–Kier alpha value is -0.590. The fourth-order valence-electron chi connectivity index (χ4n) is 1.81. The Morgan fingerprint density at radius 3 is 2.86 bits per heavy atom. The van der Waals surface area contributed by atoms with Crippen LogP contribution >= 0.6 is 0 Å². The van der Waals surface area contributed by atoms with Gasteiger partial charge in [0.25, 0.3) is 0 Å². The molecule has 0 amide bonds. The molecule has 2 atom stereocenters. The number of allylic oxidation sites excluding steroid dienone is 2. The summed E-state index contributed by atoms with van der Waals surface area (Å²) in [6.07, 6.45) is 7.32. The van der Waals surface area contributed by atoms with Gasteiger partial charge in [-0.05, 0) is 36.7 Å². The van der Waals surface area contributed by atoms with Gasteiger partial charge in [-0.1, -0.05) is 33.3 Å². The number of hydrogen-bond acceptors (Lipinski definition) is 1. The largest absolute Gasteiger partial charge is 0.295 e. The van der Waals surface area contributed by atoms with Gasteiger partial charge in [0.05, 0.1) is 0 Å². The molecule has 14 heavy (non-hydrogen) atoms. The van der Waals surface area contributed by atoms with E-state index in [0.717, 1.165) is 37.2 Å². The van der Waals surface area contributed by atoms with Gasteiger partial charge in [0.2, 0.25) is 0 Å². The lowest BCUT2D eigenvalue weighted by Gasteiger charge is -2.18. The second-order valence-corrected chi connectivity index (χ2v) is 4.75. The maximum absolute atomic E-state index is 11.8. The normalized spacial score (nSPS) is 24.2. The number of hydrogen-bond donors (Lipinski definition) is 0. The van der Waals surface area contributed by atoms with Crippen molar-refractivity contribution in [1.29, 1.82) is 0 Å². The van der Waals surface area contributed by atoms with Gasteiger partial charge < -0.3 is 0 Å². The van der Waals surface area contributed by atoms with Crippen molar-refractivity contribution >= 4 is 5.78 Å². The predicted molar refractivity (Wildman–Crippen MR) is 60.2 cm³/mol. The van der Waals surface area contributed by atoms with Crippen LogP contribution in [0.4, 0.5) is 0 Å². The molecule has 0 saturated heterocycles. The topological polar surface area (TPSA) is 17.1 Å². The van der Waals surface area contributed by atoms with Crippen molar-refractivity contribution in [3.63, 3.8) is 0 Å². The van der Waals surface area contributed by atoms with Crippen molar-refractivity contribution in [2.75, 3.05) is 0 Å². The quantitative estimate of drug-likeness (QED) is 0.666. The number of Topliss-reactive ketones (excluding diaryl/α,β-unsaturated/α-hetero) is 1. The number of ketones is 1. The fraction of sp³-hybridized carbons (Fsp3) is 0.769. The molecule has 1 aliphatic carbocycles. The van der Waals surface area contributed by atoms with Gasteiger partial charge in [-0.25, -0.2) is 0 Å². The summed E-state index contributed by atoms with van der Waals surface area (Å²) in [6, 6.07) is 0. The summed E-state index contributed by atoms with van der Waals surface area (Å²) in [5.41, 5.74) is 1.10. The molecule has 0 heterocycles. The maximum Gasteiger partial charge on any atom is 0.158 e. The second kappa shape index (κ2) is 5.33. The Labute approximate surface area is 87.6 Å². The Morgan fingerprint density at radius 1 is 1.64 bits per heavy atom. The van der Waals surface area contributed by atoms with E-state index in [2.05, 4.69) is 26.8 Å². The highest BCUT2D eigenvalue weighted by molar-refractivity contribution is 5.95. The van der Waals surface area contributed by atoms with Gasteiger partial charge in [-0.15, -0.1) is 0 Å². The highest BCUT2D eigenvalue weighted by atomic mass is 16.1. The average Bonchev–Trinajstić information content (AvgIpc) is 2.18. The first-order valence-electron chi connectivity index (χ1n) is 5.85. The average molecular weight is 194 g/mol. The van der Waals surface area contributed by atoms with E-state index in [4.69, 9.17) is 0 Å². The Morgan fingerprint density at radius 2 is 2.36 bits per heavy atom. The Balaban J connectivity index is 2.45. The van der Waals surface area contributed by atoms with Crippen LogP contribution in [0, 0.1) is 11.8 Å². The van der Waals surface area contributed by atoms with Gasteiger partial charge in [0.15, 0.2) is 5.78 Å². The lowest BCUT2D eigenvalue weighted by molar-refractivity contribution is -0.116. The van der Waals surface area contributed by atoms with E-state index in [0.29, 0.717) is 11.7 Å². The summed E-state index contributed by atoms with van der Waals surface area (Å²) in [7, 11) is 0. The summed E-state index contributed by atoms with van der Waals surface area (Å²) >= 11 is 0. The van der Waals surface area contributed by atoms with Gasteiger partial charge in [-0.3, -0.25) is 4.79 Å². The van der Waals surface area contributed by atoms with Crippen LogP contribution in [0.15, 0.2) is 11.6 Å². The molecule has 1 rings (SSSR count). The zero-order valence-electron chi connectivity index (χ0n) is 9.68. The monoisotopic (exact) mass is 194 g/mol. The molecule has 0 fully saturated rings. The van der Waals surface area contributed by atoms with Crippen LogP contribution in [-0.4, -0.2) is 5.78 Å². The van der Waals surface area contributed by atoms with E-state index < -0.39 is 0 Å². The van der Waals surface area contributed by atoms with Gasteiger partial charge >= 0.3 is 0 Å². The minimum Gasteiger partial charge on any atom is -0.295 e. The Kier molecular flexibility index (Phi) is 4.37. The molecule has 2 unspecified atom stereocenters. The molecule has 0 N–H and O–H groups in total. The number of carbonyl (C=O) groups excluding carboxylic acids is 1. The molecule has 0 aromatic heterocycles. The summed E-state index contributed by atoms with van der Waals surface area (Å²) in [5.74, 6) is 1.71. The zero-order chi connectivity index (χ0) is 10.6. The van der Waals surface area contributed by atoms with Crippen molar-refractivity contribution in [1.82, 2.24) is 0 Å². The SMILES string of the molecule is CCC(C)CC(=O)C1=CCC(C)CC1. The smallest absolute Gasteiger partial charge is 0.158 e. The summed E-state index contributed by atoms with van der Waals surface area (Å²) in [6.45, 7) is 6.56. The van der Waals surface area contributed by atoms with Crippen LogP contribution in [0.3, 0.4) is 0 Å². The predicted octanol–water partition coefficient (Wildman–Crippen LogP) is 3.74. The third-order valence-electron chi connectivity index (χ3n) is 3.26. The van der Waals surface area contributed by atoms with E-state index in [-0.39, 0.29) is 0 Å². The van der Waals surface area contributed by atoms with E-state index in [9.17, 15) is 4.79 Å². The van der Waals surface area contributed by atoms with Crippen LogP contribution in [0.2, 0.25) is 0 Å². The molecule has 0 bridgehead atoms. The van der Waals surface area contributed by atoms with Crippen LogP contribution in [0.5, 0.6) is 0 Å². The van der Waals surface area contributed by atoms with Crippen LogP contribution in [-0.2, 0) is 4.79 Å². The van der Waals surface area contributed by atoms with E-state index in [1.165, 1.54) is 6.42 Å². The fourth-order valence-corrected chi connectivity index (χ4v) is 1.81. The van der Waals surface area contributed by atoms with Crippen molar-refractivity contribution < 1.29 is 4.79 Å². The van der Waals surface area contributed by atoms with Crippen molar-refractivity contribution in [3.8, 4) is 0 Å². The molecule has 0 saturated carbocycles. The van der Waals surface area contributed by atoms with Crippen LogP contribution in [0.1, 0.15) is 52.9 Å². The third-order valence-corrected chi connectivity index (χ3v) is 3.26. The minimum atomic E-state index is 0.395. The molecular weight excluding hydrogens is 172 g/mol. The molecule has 1 nitrogen and oxygen atoms in total. The molecule has 0 aromatic carbocycles. The van der Waals surface area contributed by atoms with Crippen LogP contribution in [0.25, 0.3) is 0 Å². The highest BCUT2D eigenvalue weighted by Crippen LogP contribution is 2.25. The molecule has 0 radical (unpaired) electrons. The van der Waals surface area contributed by atoms with E-state index in [1.807, 2.05) is 0 Å². The zero-order valence-corrected chi connectivity index (χ0v) is 9.68. The van der Waals surface area contributed by atoms with Gasteiger partial charge in [-0.2, -0.15) is 0 Å². The van der Waals surface area contributed by atoms with Gasteiger partial charge in [0, 0.05) is 6.42 Å². The molecule has 0 aliphatic heterocycles. The summed E-state index contributed by atoms with van der Waals surface area (Å²) in [4.78, 5) is 11.8. The first-order valence-corrected chi connectivity index (χ1v) is 5.85. The first kappa shape index (κ1) is 11.5. The molecule has 0 aromatic rings. The number of carbonyl (C=O) groups is 1. The molecule has 0 spiro atoms. The maximum atomic E-state index is 11.8. The summed E-state index contributed by atoms with van der Waals surface area (Å²) in [5, 5.41) is 0.